The van der Waals surface area contributed by atoms with E-state index < -0.39 is 11.8 Å². The number of hydrazone groups is 1. The van der Waals surface area contributed by atoms with E-state index in [1.807, 2.05) is 33.8 Å². The molecule has 1 atom stereocenters. The Hall–Kier alpha value is -2.89. The molecule has 0 unspecified atom stereocenters. The van der Waals surface area contributed by atoms with Gasteiger partial charge < -0.3 is 9.88 Å². The molecule has 0 aliphatic rings. The van der Waals surface area contributed by atoms with Gasteiger partial charge in [-0.05, 0) is 70.4 Å². The molecule has 2 amide bonds. The predicted molar refractivity (Wildman–Crippen MR) is 108 cm³/mol. The average Bonchev–Trinajstić information content (AvgIpc) is 2.90. The van der Waals surface area contributed by atoms with Gasteiger partial charge in [0, 0.05) is 28.7 Å². The van der Waals surface area contributed by atoms with Gasteiger partial charge in [-0.15, -0.1) is 0 Å². The zero-order valence-electron chi connectivity index (χ0n) is 16.9. The molecule has 2 aromatic rings. The number of amides is 2. The molecule has 0 radical (unpaired) electrons. The second kappa shape index (κ2) is 8.66. The van der Waals surface area contributed by atoms with Crippen LogP contribution in [0.25, 0.3) is 5.69 Å². The fourth-order valence-corrected chi connectivity index (χ4v) is 2.78. The van der Waals surface area contributed by atoms with Crippen molar-refractivity contribution in [1.29, 1.82) is 0 Å². The fraction of sp³-hybridized carbons (Fsp3) is 0.381. The second-order valence-corrected chi connectivity index (χ2v) is 6.91. The molecule has 1 aromatic carbocycles. The van der Waals surface area contributed by atoms with Crippen molar-refractivity contribution in [2.45, 2.75) is 54.0 Å². The van der Waals surface area contributed by atoms with E-state index in [1.54, 1.807) is 6.21 Å². The van der Waals surface area contributed by atoms with Crippen molar-refractivity contribution >= 4 is 18.0 Å². The summed E-state index contributed by atoms with van der Waals surface area (Å²) in [5, 5.41) is 6.54. The highest BCUT2D eigenvalue weighted by molar-refractivity contribution is 6.35. The SMILES string of the molecule is CC[C@@H](C)NC(=O)C(=O)N/N=C\c1cc(C)n(-c2ccc(C)c(C)c2)c1C. The summed E-state index contributed by atoms with van der Waals surface area (Å²) in [6.45, 7) is 12.0. The summed E-state index contributed by atoms with van der Waals surface area (Å²) in [6.07, 6.45) is 2.32. The number of hydrogen-bond acceptors (Lipinski definition) is 3. The molecular weight excluding hydrogens is 340 g/mol. The molecule has 0 aliphatic heterocycles. The summed E-state index contributed by atoms with van der Waals surface area (Å²) in [5.41, 5.74) is 8.81. The Kier molecular flexibility index (Phi) is 6.55. The van der Waals surface area contributed by atoms with Crippen molar-refractivity contribution in [1.82, 2.24) is 15.3 Å². The highest BCUT2D eigenvalue weighted by Crippen LogP contribution is 2.21. The smallest absolute Gasteiger partial charge is 0.329 e. The minimum absolute atomic E-state index is 0.0517. The van der Waals surface area contributed by atoms with Gasteiger partial charge in [0.25, 0.3) is 0 Å². The molecule has 144 valence electrons. The molecule has 1 aromatic heterocycles. The van der Waals surface area contributed by atoms with Crippen LogP contribution in [0.1, 0.15) is 48.3 Å². The Bertz CT molecular complexity index is 881. The van der Waals surface area contributed by atoms with Crippen molar-refractivity contribution in [2.75, 3.05) is 0 Å². The summed E-state index contributed by atoms with van der Waals surface area (Å²) < 4.78 is 2.14. The number of nitrogens with zero attached hydrogens (tertiary/aromatic N) is 2. The molecule has 0 bridgehead atoms. The van der Waals surface area contributed by atoms with Crippen LogP contribution in [0.15, 0.2) is 29.4 Å². The Morgan fingerprint density at radius 1 is 1.11 bits per heavy atom. The van der Waals surface area contributed by atoms with E-state index >= 15 is 0 Å². The Morgan fingerprint density at radius 3 is 2.44 bits per heavy atom. The minimum atomic E-state index is -0.769. The lowest BCUT2D eigenvalue weighted by Crippen LogP contribution is -2.41. The summed E-state index contributed by atoms with van der Waals surface area (Å²) >= 11 is 0. The van der Waals surface area contributed by atoms with E-state index in [-0.39, 0.29) is 6.04 Å². The van der Waals surface area contributed by atoms with Gasteiger partial charge in [-0.1, -0.05) is 13.0 Å². The van der Waals surface area contributed by atoms with Crippen LogP contribution >= 0.6 is 0 Å². The van der Waals surface area contributed by atoms with Gasteiger partial charge in [-0.3, -0.25) is 9.59 Å². The van der Waals surface area contributed by atoms with Gasteiger partial charge >= 0.3 is 11.8 Å². The standard InChI is InChI=1S/C21H28N4O2/c1-7-15(4)23-20(26)21(27)24-22-12-18-11-16(5)25(17(18)6)19-9-8-13(2)14(3)10-19/h8-12,15H,7H2,1-6H3,(H,23,26)(H,24,27)/b22-12-/t15-/m1/s1. The molecular formula is C21H28N4O2. The number of benzene rings is 1. The maximum absolute atomic E-state index is 11.8. The van der Waals surface area contributed by atoms with Crippen LogP contribution in [-0.4, -0.2) is 28.6 Å². The molecule has 2 N–H and O–H groups in total. The van der Waals surface area contributed by atoms with Crippen LogP contribution in [-0.2, 0) is 9.59 Å². The third-order valence-electron chi connectivity index (χ3n) is 4.78. The van der Waals surface area contributed by atoms with Gasteiger partial charge in [0.05, 0.1) is 6.21 Å². The highest BCUT2D eigenvalue weighted by Gasteiger charge is 2.15. The lowest BCUT2D eigenvalue weighted by atomic mass is 10.1. The number of aryl methyl sites for hydroxylation is 3. The topological polar surface area (TPSA) is 75.5 Å². The summed E-state index contributed by atoms with van der Waals surface area (Å²) in [7, 11) is 0. The van der Waals surface area contributed by atoms with Crippen LogP contribution < -0.4 is 10.7 Å². The van der Waals surface area contributed by atoms with Crippen molar-refractivity contribution in [3.05, 3.63) is 52.3 Å². The van der Waals surface area contributed by atoms with Gasteiger partial charge in [-0.25, -0.2) is 5.43 Å². The molecule has 0 saturated heterocycles. The monoisotopic (exact) mass is 368 g/mol. The zero-order chi connectivity index (χ0) is 20.1. The number of rotatable bonds is 5. The van der Waals surface area contributed by atoms with E-state index in [1.165, 1.54) is 11.1 Å². The first kappa shape index (κ1) is 20.4. The van der Waals surface area contributed by atoms with Crippen LogP contribution in [0.5, 0.6) is 0 Å². The maximum atomic E-state index is 11.8. The van der Waals surface area contributed by atoms with Crippen molar-refractivity contribution in [3.63, 3.8) is 0 Å². The Morgan fingerprint density at radius 2 is 1.81 bits per heavy atom. The van der Waals surface area contributed by atoms with E-state index in [4.69, 9.17) is 0 Å². The van der Waals surface area contributed by atoms with Crippen molar-refractivity contribution < 1.29 is 9.59 Å². The lowest BCUT2D eigenvalue weighted by molar-refractivity contribution is -0.139. The minimum Gasteiger partial charge on any atom is -0.345 e. The van der Waals surface area contributed by atoms with Crippen molar-refractivity contribution in [2.24, 2.45) is 5.10 Å². The number of nitrogens with one attached hydrogen (secondary N) is 2. The molecule has 27 heavy (non-hydrogen) atoms. The molecule has 0 fully saturated rings. The van der Waals surface area contributed by atoms with Crippen molar-refractivity contribution in [3.8, 4) is 5.69 Å². The van der Waals surface area contributed by atoms with Crippen LogP contribution in [0.2, 0.25) is 0 Å². The van der Waals surface area contributed by atoms with Gasteiger partial charge in [0.15, 0.2) is 0 Å². The largest absolute Gasteiger partial charge is 0.345 e. The average molecular weight is 368 g/mol. The summed E-state index contributed by atoms with van der Waals surface area (Å²) in [4.78, 5) is 23.5. The summed E-state index contributed by atoms with van der Waals surface area (Å²) in [5.74, 6) is -1.45. The molecule has 6 nitrogen and oxygen atoms in total. The molecule has 0 spiro atoms. The van der Waals surface area contributed by atoms with E-state index in [0.717, 1.165) is 29.1 Å². The van der Waals surface area contributed by atoms with Gasteiger partial charge in [-0.2, -0.15) is 5.10 Å². The fourth-order valence-electron chi connectivity index (χ4n) is 2.78. The molecule has 0 saturated carbocycles. The van der Waals surface area contributed by atoms with Crippen LogP contribution in [0, 0.1) is 27.7 Å². The normalized spacial score (nSPS) is 12.2. The molecule has 0 aliphatic carbocycles. The van der Waals surface area contributed by atoms with Crippen LogP contribution in [0.3, 0.4) is 0 Å². The van der Waals surface area contributed by atoms with Crippen LogP contribution in [0.4, 0.5) is 0 Å². The zero-order valence-corrected chi connectivity index (χ0v) is 16.9. The first-order valence-electron chi connectivity index (χ1n) is 9.15. The third kappa shape index (κ3) is 4.84. The third-order valence-corrected chi connectivity index (χ3v) is 4.78. The van der Waals surface area contributed by atoms with E-state index in [2.05, 4.69) is 52.5 Å². The number of hydrogen-bond donors (Lipinski definition) is 2. The molecule has 6 heteroatoms. The number of carbonyl (C=O) groups is 2. The first-order valence-corrected chi connectivity index (χ1v) is 9.15. The second-order valence-electron chi connectivity index (χ2n) is 6.91. The Balaban J connectivity index is 2.14. The van der Waals surface area contributed by atoms with Gasteiger partial charge in [0.2, 0.25) is 0 Å². The lowest BCUT2D eigenvalue weighted by Gasteiger charge is -2.11. The predicted octanol–water partition coefficient (Wildman–Crippen LogP) is 3.08. The van der Waals surface area contributed by atoms with Gasteiger partial charge in [0.1, 0.15) is 0 Å². The number of carbonyl (C=O) groups excluding carboxylic acids is 2. The maximum Gasteiger partial charge on any atom is 0.329 e. The number of aromatic nitrogens is 1. The Labute approximate surface area is 160 Å². The highest BCUT2D eigenvalue weighted by atomic mass is 16.2. The quantitative estimate of drug-likeness (QED) is 0.483. The molecule has 1 heterocycles. The van der Waals surface area contributed by atoms with E-state index in [9.17, 15) is 9.59 Å². The summed E-state index contributed by atoms with van der Waals surface area (Å²) in [6, 6.07) is 8.29. The van der Waals surface area contributed by atoms with E-state index in [0.29, 0.717) is 0 Å². The molecule has 2 rings (SSSR count). The first-order chi connectivity index (χ1) is 12.7.